The topological polar surface area (TPSA) is 86.7 Å². The molecule has 1 saturated heterocycles. The molecule has 0 radical (unpaired) electrons. The Morgan fingerprint density at radius 1 is 1.36 bits per heavy atom. The first-order chi connectivity index (χ1) is 11.2. The number of hydrogen-bond donors (Lipinski definition) is 2. The first-order valence-electron chi connectivity index (χ1n) is 7.91. The van der Waals surface area contributed by atoms with Crippen molar-refractivity contribution in [2.24, 2.45) is 5.92 Å². The second-order valence-corrected chi connectivity index (χ2v) is 8.14. The molecule has 0 spiro atoms. The molecule has 0 aromatic heterocycles. The van der Waals surface area contributed by atoms with E-state index in [1.807, 2.05) is 0 Å². The van der Waals surface area contributed by atoms with E-state index in [2.05, 4.69) is 5.32 Å². The van der Waals surface area contributed by atoms with E-state index in [0.29, 0.717) is 30.8 Å². The lowest BCUT2D eigenvalue weighted by Crippen LogP contribution is -2.43. The second-order valence-electron chi connectivity index (χ2n) is 6.26. The fraction of sp³-hybridized carbons (Fsp3) is 0.562. The van der Waals surface area contributed by atoms with Crippen molar-refractivity contribution in [3.63, 3.8) is 0 Å². The molecule has 1 aromatic rings. The van der Waals surface area contributed by atoms with Gasteiger partial charge in [0.15, 0.2) is 0 Å². The van der Waals surface area contributed by atoms with Crippen LogP contribution >= 0.6 is 12.4 Å². The zero-order valence-corrected chi connectivity index (χ0v) is 15.9. The highest BCUT2D eigenvalue weighted by Crippen LogP contribution is 2.28. The molecule has 1 fully saturated rings. The van der Waals surface area contributed by atoms with Crippen molar-refractivity contribution in [2.45, 2.75) is 31.6 Å². The van der Waals surface area contributed by atoms with Gasteiger partial charge in [-0.3, -0.25) is 4.79 Å². The number of aliphatic carboxylic acids is 1. The van der Waals surface area contributed by atoms with Gasteiger partial charge in [-0.2, -0.15) is 4.31 Å². The molecule has 1 aliphatic rings. The number of aryl methyl sites for hydroxylation is 2. The molecule has 25 heavy (non-hydrogen) atoms. The van der Waals surface area contributed by atoms with E-state index in [0.717, 1.165) is 12.8 Å². The van der Waals surface area contributed by atoms with Gasteiger partial charge in [-0.15, -0.1) is 12.4 Å². The van der Waals surface area contributed by atoms with Crippen LogP contribution in [0.3, 0.4) is 0 Å². The molecule has 1 aliphatic heterocycles. The van der Waals surface area contributed by atoms with Gasteiger partial charge in [0, 0.05) is 13.1 Å². The number of carboxylic acids is 1. The number of carbonyl (C=O) groups is 1. The van der Waals surface area contributed by atoms with Crippen molar-refractivity contribution < 1.29 is 22.7 Å². The molecule has 2 N–H and O–H groups in total. The highest BCUT2D eigenvalue weighted by Gasteiger charge is 2.32. The third-order valence-electron chi connectivity index (χ3n) is 4.21. The Balaban J connectivity index is 0.00000312. The number of carboxylic acid groups (broad SMARTS) is 1. The summed E-state index contributed by atoms with van der Waals surface area (Å²) in [4.78, 5) is 10.7. The van der Waals surface area contributed by atoms with Gasteiger partial charge < -0.3 is 10.4 Å². The van der Waals surface area contributed by atoms with E-state index < -0.39 is 21.8 Å². The van der Waals surface area contributed by atoms with Crippen molar-refractivity contribution in [1.82, 2.24) is 9.62 Å². The molecule has 0 aliphatic carbocycles. The Morgan fingerprint density at radius 2 is 1.96 bits per heavy atom. The molecule has 0 saturated carbocycles. The molecule has 0 amide bonds. The van der Waals surface area contributed by atoms with Gasteiger partial charge >= 0.3 is 5.97 Å². The smallest absolute Gasteiger partial charge is 0.317 e. The molecule has 2 rings (SSSR count). The van der Waals surface area contributed by atoms with Gasteiger partial charge in [0.25, 0.3) is 0 Å². The van der Waals surface area contributed by atoms with Crippen molar-refractivity contribution in [3.05, 3.63) is 29.1 Å². The molecular weight excluding hydrogens is 371 g/mol. The fourth-order valence-corrected chi connectivity index (χ4v) is 5.19. The summed E-state index contributed by atoms with van der Waals surface area (Å²) in [5.41, 5.74) is 0.803. The molecular formula is C16H24ClFN2O4S. The van der Waals surface area contributed by atoms with Crippen molar-refractivity contribution in [3.8, 4) is 0 Å². The normalized spacial score (nSPS) is 18.6. The highest BCUT2D eigenvalue weighted by atomic mass is 35.5. The number of rotatable bonds is 6. The van der Waals surface area contributed by atoms with Crippen LogP contribution in [0.5, 0.6) is 0 Å². The number of halogens is 2. The average molecular weight is 395 g/mol. The molecule has 0 bridgehead atoms. The van der Waals surface area contributed by atoms with Crippen LogP contribution in [0, 0.1) is 25.6 Å². The molecule has 1 atom stereocenters. The largest absolute Gasteiger partial charge is 0.480 e. The standard InChI is InChI=1S/C16H23FN2O4S.ClH/c1-11-6-14(17)7-12(2)16(11)24(22,23)19-5-3-4-13(10-19)8-18-9-15(20)21;/h6-7,13,18H,3-5,8-10H2,1-2H3,(H,20,21);1H. The maximum Gasteiger partial charge on any atom is 0.317 e. The van der Waals surface area contributed by atoms with E-state index in [4.69, 9.17) is 5.11 Å². The van der Waals surface area contributed by atoms with E-state index in [9.17, 15) is 17.6 Å². The van der Waals surface area contributed by atoms with Gasteiger partial charge in [-0.25, -0.2) is 12.8 Å². The van der Waals surface area contributed by atoms with E-state index in [1.54, 1.807) is 13.8 Å². The zero-order chi connectivity index (χ0) is 17.9. The summed E-state index contributed by atoms with van der Waals surface area (Å²) >= 11 is 0. The lowest BCUT2D eigenvalue weighted by Gasteiger charge is -2.32. The number of hydrogen-bond acceptors (Lipinski definition) is 4. The van der Waals surface area contributed by atoms with Gasteiger partial charge in [-0.05, 0) is 62.4 Å². The van der Waals surface area contributed by atoms with Crippen molar-refractivity contribution in [1.29, 1.82) is 0 Å². The Kier molecular flexibility index (Phi) is 7.80. The molecule has 142 valence electrons. The fourth-order valence-electron chi connectivity index (χ4n) is 3.23. The maximum absolute atomic E-state index is 13.4. The maximum atomic E-state index is 13.4. The summed E-state index contributed by atoms with van der Waals surface area (Å²) in [5, 5.41) is 11.5. The number of piperidine rings is 1. The van der Waals surface area contributed by atoms with Crippen LogP contribution < -0.4 is 5.32 Å². The van der Waals surface area contributed by atoms with Gasteiger partial charge in [0.2, 0.25) is 10.0 Å². The average Bonchev–Trinajstić information content (AvgIpc) is 2.45. The van der Waals surface area contributed by atoms with E-state index in [1.165, 1.54) is 16.4 Å². The summed E-state index contributed by atoms with van der Waals surface area (Å²) in [7, 11) is -3.69. The first-order valence-corrected chi connectivity index (χ1v) is 9.35. The molecule has 1 unspecified atom stereocenters. The van der Waals surface area contributed by atoms with E-state index in [-0.39, 0.29) is 29.8 Å². The minimum Gasteiger partial charge on any atom is -0.480 e. The quantitative estimate of drug-likeness (QED) is 0.770. The second kappa shape index (κ2) is 8.93. The molecule has 9 heteroatoms. The summed E-state index contributed by atoms with van der Waals surface area (Å²) in [5.74, 6) is -1.32. The predicted molar refractivity (Wildman–Crippen MR) is 95.1 cm³/mol. The highest BCUT2D eigenvalue weighted by molar-refractivity contribution is 7.89. The number of benzene rings is 1. The van der Waals surface area contributed by atoms with Crippen molar-refractivity contribution >= 4 is 28.4 Å². The third kappa shape index (κ3) is 5.37. The SMILES string of the molecule is Cc1cc(F)cc(C)c1S(=O)(=O)N1CCCC(CNCC(=O)O)C1.Cl. The lowest BCUT2D eigenvalue weighted by molar-refractivity contribution is -0.136. The first kappa shape index (κ1) is 21.8. The number of nitrogens with one attached hydrogen (secondary N) is 1. The number of nitrogens with zero attached hydrogens (tertiary/aromatic N) is 1. The third-order valence-corrected chi connectivity index (χ3v) is 6.39. The Labute approximate surface area is 153 Å². The lowest BCUT2D eigenvalue weighted by atomic mass is 10.00. The van der Waals surface area contributed by atoms with Gasteiger partial charge in [0.1, 0.15) is 5.82 Å². The Hall–Kier alpha value is -1.22. The Morgan fingerprint density at radius 3 is 2.52 bits per heavy atom. The Bertz CT molecular complexity index is 704. The zero-order valence-electron chi connectivity index (χ0n) is 14.3. The number of sulfonamides is 1. The van der Waals surface area contributed by atoms with Crippen LogP contribution in [-0.4, -0.2) is 50.0 Å². The summed E-state index contributed by atoms with van der Waals surface area (Å²) < 4.78 is 40.8. The van der Waals surface area contributed by atoms with Crippen LogP contribution in [0.1, 0.15) is 24.0 Å². The van der Waals surface area contributed by atoms with Crippen LogP contribution in [0.15, 0.2) is 17.0 Å². The van der Waals surface area contributed by atoms with Gasteiger partial charge in [0.05, 0.1) is 11.4 Å². The van der Waals surface area contributed by atoms with Gasteiger partial charge in [-0.1, -0.05) is 0 Å². The molecule has 6 nitrogen and oxygen atoms in total. The van der Waals surface area contributed by atoms with Crippen LogP contribution in [-0.2, 0) is 14.8 Å². The minimum atomic E-state index is -3.69. The summed E-state index contributed by atoms with van der Waals surface area (Å²) in [6, 6.07) is 2.46. The van der Waals surface area contributed by atoms with Crippen LogP contribution in [0.2, 0.25) is 0 Å². The predicted octanol–water partition coefficient (Wildman–Crippen LogP) is 1.94. The van der Waals surface area contributed by atoms with Crippen LogP contribution in [0.4, 0.5) is 4.39 Å². The molecule has 1 heterocycles. The van der Waals surface area contributed by atoms with E-state index >= 15 is 0 Å². The summed E-state index contributed by atoms with van der Waals surface area (Å²) in [6.07, 6.45) is 1.57. The van der Waals surface area contributed by atoms with Crippen LogP contribution in [0.25, 0.3) is 0 Å². The monoisotopic (exact) mass is 394 g/mol. The van der Waals surface area contributed by atoms with Crippen molar-refractivity contribution in [2.75, 3.05) is 26.2 Å². The molecule has 1 aromatic carbocycles. The minimum absolute atomic E-state index is 0. The summed E-state index contributed by atoms with van der Waals surface area (Å²) in [6.45, 7) is 4.27.